The van der Waals surface area contributed by atoms with Gasteiger partial charge in [0.15, 0.2) is 0 Å². The third-order valence-electron chi connectivity index (χ3n) is 5.97. The summed E-state index contributed by atoms with van der Waals surface area (Å²) in [5, 5.41) is 0. The highest BCUT2D eigenvalue weighted by Gasteiger charge is 2.24. The van der Waals surface area contributed by atoms with Gasteiger partial charge in [-0.3, -0.25) is 9.10 Å². The maximum absolute atomic E-state index is 13.1. The van der Waals surface area contributed by atoms with Crippen LogP contribution < -0.4 is 9.04 Å². The van der Waals surface area contributed by atoms with Crippen LogP contribution in [0.1, 0.15) is 67.3 Å². The van der Waals surface area contributed by atoms with E-state index in [1.807, 2.05) is 30.3 Å². The molecule has 178 valence electrons. The number of amides is 1. The van der Waals surface area contributed by atoms with Gasteiger partial charge < -0.3 is 9.47 Å². The summed E-state index contributed by atoms with van der Waals surface area (Å²) in [6, 6.07) is 19.7. The second-order valence-corrected chi connectivity index (χ2v) is 10.3. The first-order valence-corrected chi connectivity index (χ1v) is 12.2. The molecule has 0 bridgehead atoms. The molecular weight excluding hydrogens is 442 g/mol. The van der Waals surface area contributed by atoms with Crippen molar-refractivity contribution in [2.75, 3.05) is 10.9 Å². The van der Waals surface area contributed by atoms with Gasteiger partial charge in [0.1, 0.15) is 5.75 Å². The summed E-state index contributed by atoms with van der Waals surface area (Å²) in [5.41, 5.74) is 6.59. The van der Waals surface area contributed by atoms with E-state index in [0.29, 0.717) is 5.56 Å². The molecule has 0 radical (unpaired) electrons. The highest BCUT2D eigenvalue weighted by atomic mass is 32.1. The highest BCUT2D eigenvalue weighted by Crippen LogP contribution is 2.40. The van der Waals surface area contributed by atoms with Crippen LogP contribution in [0, 0.1) is 6.92 Å². The lowest BCUT2D eigenvalue weighted by molar-refractivity contribution is -0.0527. The largest absolute Gasteiger partial charge is 0.493 e. The monoisotopic (exact) mass is 475 g/mol. The van der Waals surface area contributed by atoms with Gasteiger partial charge in [-0.1, -0.05) is 37.1 Å². The average molecular weight is 476 g/mol. The predicted octanol–water partition coefficient (Wildman–Crippen LogP) is 7.35. The van der Waals surface area contributed by atoms with Crippen LogP contribution in [0.5, 0.6) is 5.75 Å². The number of fused-ring (bicyclic) bond motifs is 1. The Bertz CT molecular complexity index is 1180. The molecule has 1 aliphatic rings. The minimum Gasteiger partial charge on any atom is -0.493 e. The average Bonchev–Trinajstić information content (AvgIpc) is 2.81. The number of hydrogen-bond acceptors (Lipinski definition) is 4. The Morgan fingerprint density at radius 3 is 2.53 bits per heavy atom. The molecule has 5 heteroatoms. The SMILES string of the molecule is Cc1cc(N(S)C(=O)c2ccccc2)cc(C(C)OC(C)(C)C)c1-c1ccc2c(c1)CCCO2. The van der Waals surface area contributed by atoms with E-state index in [1.165, 1.54) is 9.87 Å². The molecule has 1 atom stereocenters. The summed E-state index contributed by atoms with van der Waals surface area (Å²) in [5.74, 6) is 0.803. The van der Waals surface area contributed by atoms with Crippen molar-refractivity contribution in [1.29, 1.82) is 0 Å². The van der Waals surface area contributed by atoms with Crippen LogP contribution in [0.3, 0.4) is 0 Å². The van der Waals surface area contributed by atoms with E-state index in [1.54, 1.807) is 12.1 Å². The van der Waals surface area contributed by atoms with Crippen LogP contribution in [0.2, 0.25) is 0 Å². The Morgan fingerprint density at radius 2 is 1.82 bits per heavy atom. The van der Waals surface area contributed by atoms with Gasteiger partial charge in [-0.25, -0.2) is 0 Å². The van der Waals surface area contributed by atoms with Crippen molar-refractivity contribution in [3.8, 4) is 16.9 Å². The summed E-state index contributed by atoms with van der Waals surface area (Å²) in [6.45, 7) is 11.1. The van der Waals surface area contributed by atoms with E-state index in [4.69, 9.17) is 9.47 Å². The van der Waals surface area contributed by atoms with Gasteiger partial charge in [-0.05, 0) is 112 Å². The van der Waals surface area contributed by atoms with Crippen molar-refractivity contribution in [3.63, 3.8) is 0 Å². The van der Waals surface area contributed by atoms with E-state index in [9.17, 15) is 4.79 Å². The Kier molecular flexibility index (Phi) is 7.06. The first-order valence-electron chi connectivity index (χ1n) is 11.8. The standard InChI is InChI=1S/C29H33NO3S/c1-19-16-24(30(34)28(31)21-10-7-6-8-11-21)18-25(20(2)33-29(3,4)5)27(19)23-13-14-26-22(17-23)12-9-15-32-26/h6-8,10-11,13-14,16-18,20,34H,9,12,15H2,1-5H3. The van der Waals surface area contributed by atoms with Gasteiger partial charge in [-0.2, -0.15) is 0 Å². The van der Waals surface area contributed by atoms with Gasteiger partial charge in [0, 0.05) is 5.56 Å². The lowest BCUT2D eigenvalue weighted by Gasteiger charge is -2.29. The maximum atomic E-state index is 13.1. The molecule has 0 saturated heterocycles. The fourth-order valence-electron chi connectivity index (χ4n) is 4.56. The van der Waals surface area contributed by atoms with Crippen molar-refractivity contribution < 1.29 is 14.3 Å². The Balaban J connectivity index is 1.80. The molecule has 1 amide bonds. The fraction of sp³-hybridized carbons (Fsp3) is 0.345. The van der Waals surface area contributed by atoms with Crippen molar-refractivity contribution in [2.24, 2.45) is 0 Å². The van der Waals surface area contributed by atoms with Crippen molar-refractivity contribution in [1.82, 2.24) is 0 Å². The zero-order valence-corrected chi connectivity index (χ0v) is 21.5. The number of rotatable bonds is 5. The second kappa shape index (κ2) is 9.85. The van der Waals surface area contributed by atoms with Gasteiger partial charge >= 0.3 is 0 Å². The molecule has 1 aliphatic heterocycles. The highest BCUT2D eigenvalue weighted by molar-refractivity contribution is 7.82. The molecule has 1 heterocycles. The topological polar surface area (TPSA) is 38.8 Å². The normalized spacial score (nSPS) is 14.2. The van der Waals surface area contributed by atoms with Crippen molar-refractivity contribution in [3.05, 3.63) is 82.9 Å². The van der Waals surface area contributed by atoms with Crippen LogP contribution in [-0.4, -0.2) is 18.1 Å². The summed E-state index contributed by atoms with van der Waals surface area (Å²) in [6.07, 6.45) is 1.86. The van der Waals surface area contributed by atoms with Crippen molar-refractivity contribution in [2.45, 2.75) is 59.2 Å². The lowest BCUT2D eigenvalue weighted by Crippen LogP contribution is -2.23. The molecule has 0 N–H and O–H groups in total. The molecule has 0 aliphatic carbocycles. The third kappa shape index (κ3) is 5.31. The van der Waals surface area contributed by atoms with E-state index in [-0.39, 0.29) is 17.6 Å². The van der Waals surface area contributed by atoms with E-state index in [2.05, 4.69) is 65.6 Å². The number of ether oxygens (including phenoxy) is 2. The summed E-state index contributed by atoms with van der Waals surface area (Å²) >= 11 is 4.59. The number of carbonyl (C=O) groups excluding carboxylic acids is 1. The Morgan fingerprint density at radius 1 is 1.09 bits per heavy atom. The molecule has 4 nitrogen and oxygen atoms in total. The minimum atomic E-state index is -0.315. The maximum Gasteiger partial charge on any atom is 0.268 e. The smallest absolute Gasteiger partial charge is 0.268 e. The lowest BCUT2D eigenvalue weighted by atomic mass is 9.89. The van der Waals surface area contributed by atoms with Crippen LogP contribution in [-0.2, 0) is 11.2 Å². The first-order chi connectivity index (χ1) is 16.1. The first kappa shape index (κ1) is 24.4. The quantitative estimate of drug-likeness (QED) is 0.392. The zero-order valence-electron chi connectivity index (χ0n) is 20.6. The van der Waals surface area contributed by atoms with Gasteiger partial charge in [-0.15, -0.1) is 0 Å². The molecule has 0 fully saturated rings. The number of aryl methyl sites for hydroxylation is 2. The molecular formula is C29H33NO3S. The van der Waals surface area contributed by atoms with Crippen LogP contribution in [0.25, 0.3) is 11.1 Å². The van der Waals surface area contributed by atoms with Crippen molar-refractivity contribution >= 4 is 24.4 Å². The molecule has 4 rings (SSSR count). The summed E-state index contributed by atoms with van der Waals surface area (Å²) in [7, 11) is 0. The fourth-order valence-corrected chi connectivity index (χ4v) is 4.79. The number of hydrogen-bond donors (Lipinski definition) is 1. The molecule has 3 aromatic carbocycles. The molecule has 0 aromatic heterocycles. The number of anilines is 1. The van der Waals surface area contributed by atoms with Crippen LogP contribution in [0.4, 0.5) is 5.69 Å². The predicted molar refractivity (Wildman–Crippen MR) is 142 cm³/mol. The number of nitrogens with zero attached hydrogens (tertiary/aromatic N) is 1. The summed E-state index contributed by atoms with van der Waals surface area (Å²) in [4.78, 5) is 13.1. The van der Waals surface area contributed by atoms with E-state index < -0.39 is 0 Å². The molecule has 3 aromatic rings. The Labute approximate surface area is 208 Å². The van der Waals surface area contributed by atoms with Gasteiger partial charge in [0.2, 0.25) is 0 Å². The molecule has 0 spiro atoms. The van der Waals surface area contributed by atoms with Gasteiger partial charge in [0.05, 0.1) is 24.0 Å². The van der Waals surface area contributed by atoms with E-state index >= 15 is 0 Å². The minimum absolute atomic E-state index is 0.169. The van der Waals surface area contributed by atoms with E-state index in [0.717, 1.165) is 53.1 Å². The number of benzene rings is 3. The molecule has 34 heavy (non-hydrogen) atoms. The Hall–Kier alpha value is -2.76. The zero-order chi connectivity index (χ0) is 24.5. The molecule has 1 unspecified atom stereocenters. The second-order valence-electron chi connectivity index (χ2n) is 9.86. The van der Waals surface area contributed by atoms with Crippen LogP contribution >= 0.6 is 12.8 Å². The molecule has 0 saturated carbocycles. The van der Waals surface area contributed by atoms with Crippen LogP contribution in [0.15, 0.2) is 60.7 Å². The van der Waals surface area contributed by atoms with Gasteiger partial charge in [0.25, 0.3) is 5.91 Å². The third-order valence-corrected chi connectivity index (χ3v) is 6.39. The number of carbonyl (C=O) groups is 1. The number of thiol groups is 1. The summed E-state index contributed by atoms with van der Waals surface area (Å²) < 4.78 is 13.6.